The quantitative estimate of drug-likeness (QED) is 0.807. The lowest BCUT2D eigenvalue weighted by atomic mass is 9.97. The minimum absolute atomic E-state index is 0.723. The van der Waals surface area contributed by atoms with E-state index in [1.807, 2.05) is 0 Å². The van der Waals surface area contributed by atoms with Crippen LogP contribution >= 0.6 is 27.3 Å². The van der Waals surface area contributed by atoms with Gasteiger partial charge in [0.05, 0.1) is 3.79 Å². The molecule has 1 fully saturated rings. The van der Waals surface area contributed by atoms with Crippen molar-refractivity contribution in [2.24, 2.45) is 5.92 Å². The van der Waals surface area contributed by atoms with Crippen molar-refractivity contribution in [3.63, 3.8) is 0 Å². The lowest BCUT2D eigenvalue weighted by molar-refractivity contribution is 0.356. The van der Waals surface area contributed by atoms with Crippen LogP contribution in [0.3, 0.4) is 0 Å². The number of nitrogens with one attached hydrogen (secondary N) is 1. The van der Waals surface area contributed by atoms with Crippen LogP contribution in [0.2, 0.25) is 0 Å². The molecular formula is C13H20BrNS. The molecule has 1 aromatic heterocycles. The molecule has 0 aliphatic heterocycles. The van der Waals surface area contributed by atoms with Crippen LogP contribution in [0.5, 0.6) is 0 Å². The Morgan fingerprint density at radius 1 is 1.38 bits per heavy atom. The van der Waals surface area contributed by atoms with E-state index in [1.165, 1.54) is 41.5 Å². The SMILES string of the molecule is CC1CCCCCC1NCc1csc(Br)c1. The molecule has 1 nitrogen and oxygen atoms in total. The predicted molar refractivity (Wildman–Crippen MR) is 74.9 cm³/mol. The van der Waals surface area contributed by atoms with E-state index in [0.29, 0.717) is 0 Å². The van der Waals surface area contributed by atoms with Crippen molar-refractivity contribution in [1.29, 1.82) is 0 Å². The summed E-state index contributed by atoms with van der Waals surface area (Å²) in [5.74, 6) is 0.838. The molecule has 1 aliphatic carbocycles. The summed E-state index contributed by atoms with van der Waals surface area (Å²) in [5.41, 5.74) is 1.41. The lowest BCUT2D eigenvalue weighted by Crippen LogP contribution is -2.33. The normalized spacial score (nSPS) is 26.6. The number of thiophene rings is 1. The molecule has 0 spiro atoms. The maximum absolute atomic E-state index is 3.73. The second kappa shape index (κ2) is 6.18. The molecule has 1 heterocycles. The summed E-state index contributed by atoms with van der Waals surface area (Å²) in [4.78, 5) is 0. The first-order valence-corrected chi connectivity index (χ1v) is 7.89. The summed E-state index contributed by atoms with van der Waals surface area (Å²) in [6.45, 7) is 3.42. The van der Waals surface area contributed by atoms with Gasteiger partial charge in [-0.15, -0.1) is 11.3 Å². The number of halogens is 1. The first-order valence-electron chi connectivity index (χ1n) is 6.22. The van der Waals surface area contributed by atoms with E-state index in [2.05, 4.69) is 39.6 Å². The summed E-state index contributed by atoms with van der Waals surface area (Å²) < 4.78 is 1.23. The highest BCUT2D eigenvalue weighted by Gasteiger charge is 2.19. The minimum Gasteiger partial charge on any atom is -0.310 e. The average Bonchev–Trinajstić information content (AvgIpc) is 2.56. The monoisotopic (exact) mass is 301 g/mol. The highest BCUT2D eigenvalue weighted by Crippen LogP contribution is 2.24. The molecule has 1 N–H and O–H groups in total. The van der Waals surface area contributed by atoms with Gasteiger partial charge in [0.25, 0.3) is 0 Å². The average molecular weight is 302 g/mol. The van der Waals surface area contributed by atoms with Crippen LogP contribution in [0.15, 0.2) is 15.2 Å². The molecule has 0 aromatic carbocycles. The molecular weight excluding hydrogens is 282 g/mol. The minimum atomic E-state index is 0.723. The Bertz CT molecular complexity index is 323. The molecule has 0 bridgehead atoms. The predicted octanol–water partition coefficient (Wildman–Crippen LogP) is 4.57. The molecule has 1 saturated carbocycles. The van der Waals surface area contributed by atoms with Crippen molar-refractivity contribution in [3.8, 4) is 0 Å². The van der Waals surface area contributed by atoms with E-state index in [0.717, 1.165) is 18.5 Å². The van der Waals surface area contributed by atoms with Crippen molar-refractivity contribution in [2.75, 3.05) is 0 Å². The highest BCUT2D eigenvalue weighted by atomic mass is 79.9. The standard InChI is InChI=1S/C13H20BrNS/c1-10-5-3-2-4-6-12(10)15-8-11-7-13(14)16-9-11/h7,9-10,12,15H,2-6,8H2,1H3. The molecule has 0 radical (unpaired) electrons. The fourth-order valence-electron chi connectivity index (χ4n) is 2.48. The van der Waals surface area contributed by atoms with Crippen LogP contribution in [-0.4, -0.2) is 6.04 Å². The smallest absolute Gasteiger partial charge is 0.0701 e. The van der Waals surface area contributed by atoms with E-state index in [-0.39, 0.29) is 0 Å². The Balaban J connectivity index is 1.83. The fourth-order valence-corrected chi connectivity index (χ4v) is 3.69. The van der Waals surface area contributed by atoms with Gasteiger partial charge in [-0.3, -0.25) is 0 Å². The van der Waals surface area contributed by atoms with Gasteiger partial charge in [0, 0.05) is 12.6 Å². The third-order valence-corrected chi connectivity index (χ3v) is 5.10. The number of rotatable bonds is 3. The van der Waals surface area contributed by atoms with Crippen LogP contribution < -0.4 is 5.32 Å². The Labute approximate surface area is 111 Å². The van der Waals surface area contributed by atoms with Gasteiger partial charge in [0.2, 0.25) is 0 Å². The van der Waals surface area contributed by atoms with Crippen LogP contribution in [0.25, 0.3) is 0 Å². The molecule has 16 heavy (non-hydrogen) atoms. The lowest BCUT2D eigenvalue weighted by Gasteiger charge is -2.22. The van der Waals surface area contributed by atoms with Crippen LogP contribution in [0, 0.1) is 5.92 Å². The van der Waals surface area contributed by atoms with E-state index < -0.39 is 0 Å². The van der Waals surface area contributed by atoms with Gasteiger partial charge in [-0.25, -0.2) is 0 Å². The largest absolute Gasteiger partial charge is 0.310 e. The zero-order valence-corrected chi connectivity index (χ0v) is 12.2. The summed E-state index contributed by atoms with van der Waals surface area (Å²) in [5, 5.41) is 5.96. The summed E-state index contributed by atoms with van der Waals surface area (Å²) >= 11 is 5.29. The first kappa shape index (κ1) is 12.6. The second-order valence-electron chi connectivity index (χ2n) is 4.86. The van der Waals surface area contributed by atoms with E-state index in [9.17, 15) is 0 Å². The van der Waals surface area contributed by atoms with Gasteiger partial charge in [0.15, 0.2) is 0 Å². The van der Waals surface area contributed by atoms with Crippen molar-refractivity contribution in [1.82, 2.24) is 5.32 Å². The topological polar surface area (TPSA) is 12.0 Å². The van der Waals surface area contributed by atoms with E-state index in [1.54, 1.807) is 11.3 Å². The van der Waals surface area contributed by atoms with Gasteiger partial charge in [-0.05, 0) is 51.7 Å². The van der Waals surface area contributed by atoms with Crippen LogP contribution in [0.4, 0.5) is 0 Å². The second-order valence-corrected chi connectivity index (χ2v) is 7.15. The molecule has 2 unspecified atom stereocenters. The van der Waals surface area contributed by atoms with E-state index >= 15 is 0 Å². The molecule has 0 saturated heterocycles. The van der Waals surface area contributed by atoms with Gasteiger partial charge in [-0.1, -0.05) is 26.2 Å². The molecule has 90 valence electrons. The van der Waals surface area contributed by atoms with Crippen molar-refractivity contribution >= 4 is 27.3 Å². The van der Waals surface area contributed by atoms with Crippen LogP contribution in [0.1, 0.15) is 44.6 Å². The third kappa shape index (κ3) is 3.57. The molecule has 2 atom stereocenters. The zero-order valence-electron chi connectivity index (χ0n) is 9.84. The van der Waals surface area contributed by atoms with Crippen LogP contribution in [-0.2, 0) is 6.54 Å². The fraction of sp³-hybridized carbons (Fsp3) is 0.692. The maximum atomic E-state index is 3.73. The molecule has 1 aliphatic rings. The van der Waals surface area contributed by atoms with Gasteiger partial charge >= 0.3 is 0 Å². The third-order valence-electron chi connectivity index (χ3n) is 3.55. The highest BCUT2D eigenvalue weighted by molar-refractivity contribution is 9.11. The van der Waals surface area contributed by atoms with Gasteiger partial charge in [0.1, 0.15) is 0 Å². The Morgan fingerprint density at radius 3 is 2.94 bits per heavy atom. The molecule has 1 aromatic rings. The summed E-state index contributed by atoms with van der Waals surface area (Å²) in [7, 11) is 0. The number of hydrogen-bond acceptors (Lipinski definition) is 2. The maximum Gasteiger partial charge on any atom is 0.0701 e. The van der Waals surface area contributed by atoms with Crippen molar-refractivity contribution in [3.05, 3.63) is 20.8 Å². The van der Waals surface area contributed by atoms with Gasteiger partial charge < -0.3 is 5.32 Å². The zero-order chi connectivity index (χ0) is 11.4. The number of hydrogen-bond donors (Lipinski definition) is 1. The van der Waals surface area contributed by atoms with Crippen molar-refractivity contribution in [2.45, 2.75) is 51.6 Å². The molecule has 0 amide bonds. The Kier molecular flexibility index (Phi) is 4.86. The summed E-state index contributed by atoms with van der Waals surface area (Å²) in [6, 6.07) is 2.94. The first-order chi connectivity index (χ1) is 7.75. The Hall–Kier alpha value is 0.140. The van der Waals surface area contributed by atoms with Crippen molar-refractivity contribution < 1.29 is 0 Å². The summed E-state index contributed by atoms with van der Waals surface area (Å²) in [6.07, 6.45) is 6.99. The van der Waals surface area contributed by atoms with Gasteiger partial charge in [-0.2, -0.15) is 0 Å². The Morgan fingerprint density at radius 2 is 2.19 bits per heavy atom. The molecule has 2 rings (SSSR count). The molecule has 3 heteroatoms. The van der Waals surface area contributed by atoms with E-state index in [4.69, 9.17) is 0 Å².